The van der Waals surface area contributed by atoms with Crippen LogP contribution in [0.3, 0.4) is 0 Å². The van der Waals surface area contributed by atoms with E-state index in [1.807, 2.05) is 32.2 Å². The summed E-state index contributed by atoms with van der Waals surface area (Å²) in [6, 6.07) is 8.23. The minimum atomic E-state index is 0.0362. The largest absolute Gasteiger partial charge is 0.352 e. The number of carbonyl (C=O) groups excluding carboxylic acids is 1. The first-order valence-corrected chi connectivity index (χ1v) is 9.36. The standard InChI is InChI=1S/C18H21N5OS/c1-12-16(13(2)22-23-11-20-21-18(12)23)8-9-17(24)19-10-14-4-6-15(25-3)7-5-14/h4-7,11H,8-10H2,1-3H3,(H,19,24). The molecule has 0 aliphatic carbocycles. The Kier molecular flexibility index (Phi) is 5.33. The molecule has 0 spiro atoms. The fourth-order valence-electron chi connectivity index (χ4n) is 2.82. The van der Waals surface area contributed by atoms with E-state index in [2.05, 4.69) is 32.7 Å². The van der Waals surface area contributed by atoms with Gasteiger partial charge in [0.2, 0.25) is 5.91 Å². The van der Waals surface area contributed by atoms with Crippen LogP contribution in [0.1, 0.15) is 28.8 Å². The summed E-state index contributed by atoms with van der Waals surface area (Å²) >= 11 is 1.71. The number of fused-ring (bicyclic) bond motifs is 1. The predicted octanol–water partition coefficient (Wildman–Crippen LogP) is 2.71. The minimum absolute atomic E-state index is 0.0362. The molecule has 3 rings (SSSR count). The SMILES string of the molecule is CSc1ccc(CNC(=O)CCc2c(C)nn3cnnc3c2C)cc1. The first-order valence-electron chi connectivity index (χ1n) is 8.14. The van der Waals surface area contributed by atoms with Crippen LogP contribution in [0.5, 0.6) is 0 Å². The third-order valence-electron chi connectivity index (χ3n) is 4.26. The average Bonchev–Trinajstić information content (AvgIpc) is 3.08. The lowest BCUT2D eigenvalue weighted by Gasteiger charge is -2.10. The highest BCUT2D eigenvalue weighted by Gasteiger charge is 2.12. The summed E-state index contributed by atoms with van der Waals surface area (Å²) in [5, 5.41) is 15.4. The number of hydrogen-bond donors (Lipinski definition) is 1. The van der Waals surface area contributed by atoms with Crippen molar-refractivity contribution < 1.29 is 4.79 Å². The molecule has 0 saturated carbocycles. The summed E-state index contributed by atoms with van der Waals surface area (Å²) in [4.78, 5) is 13.4. The monoisotopic (exact) mass is 355 g/mol. The number of rotatable bonds is 6. The zero-order valence-corrected chi connectivity index (χ0v) is 15.4. The van der Waals surface area contributed by atoms with Crippen molar-refractivity contribution in [1.82, 2.24) is 25.1 Å². The Labute approximate surface area is 151 Å². The van der Waals surface area contributed by atoms with Gasteiger partial charge >= 0.3 is 0 Å². The molecule has 6 nitrogen and oxygen atoms in total. The molecule has 2 aromatic heterocycles. The Balaban J connectivity index is 1.58. The summed E-state index contributed by atoms with van der Waals surface area (Å²) in [5.41, 5.74) is 4.86. The molecule has 0 bridgehead atoms. The maximum atomic E-state index is 12.2. The fourth-order valence-corrected chi connectivity index (χ4v) is 3.23. The number of benzene rings is 1. The first kappa shape index (κ1) is 17.4. The predicted molar refractivity (Wildman–Crippen MR) is 98.6 cm³/mol. The van der Waals surface area contributed by atoms with E-state index in [0.717, 1.165) is 28.0 Å². The van der Waals surface area contributed by atoms with E-state index >= 15 is 0 Å². The Morgan fingerprint density at radius 1 is 1.24 bits per heavy atom. The van der Waals surface area contributed by atoms with Crippen LogP contribution in [0.15, 0.2) is 35.5 Å². The van der Waals surface area contributed by atoms with Gasteiger partial charge in [-0.05, 0) is 49.8 Å². The molecule has 0 radical (unpaired) electrons. The normalized spacial score (nSPS) is 11.0. The van der Waals surface area contributed by atoms with E-state index in [1.54, 1.807) is 22.6 Å². The van der Waals surface area contributed by atoms with Crippen LogP contribution < -0.4 is 5.32 Å². The third-order valence-corrected chi connectivity index (χ3v) is 5.01. The Bertz CT molecular complexity index is 888. The highest BCUT2D eigenvalue weighted by Crippen LogP contribution is 2.17. The highest BCUT2D eigenvalue weighted by molar-refractivity contribution is 7.98. The average molecular weight is 355 g/mol. The minimum Gasteiger partial charge on any atom is -0.352 e. The molecule has 1 amide bonds. The van der Waals surface area contributed by atoms with Crippen LogP contribution in [0.2, 0.25) is 0 Å². The first-order chi connectivity index (χ1) is 12.1. The summed E-state index contributed by atoms with van der Waals surface area (Å²) in [7, 11) is 0. The summed E-state index contributed by atoms with van der Waals surface area (Å²) < 4.78 is 1.67. The van der Waals surface area contributed by atoms with Crippen LogP contribution in [0.25, 0.3) is 5.65 Å². The van der Waals surface area contributed by atoms with Gasteiger partial charge in [-0.15, -0.1) is 22.0 Å². The second kappa shape index (κ2) is 7.65. The van der Waals surface area contributed by atoms with E-state index < -0.39 is 0 Å². The number of nitrogens with one attached hydrogen (secondary N) is 1. The van der Waals surface area contributed by atoms with Gasteiger partial charge in [-0.25, -0.2) is 4.52 Å². The second-order valence-corrected chi connectivity index (χ2v) is 6.79. The Hall–Kier alpha value is -2.41. The van der Waals surface area contributed by atoms with E-state index in [0.29, 0.717) is 19.4 Å². The van der Waals surface area contributed by atoms with Gasteiger partial charge in [0.1, 0.15) is 6.33 Å². The van der Waals surface area contributed by atoms with Crippen LogP contribution in [0.4, 0.5) is 0 Å². The molecule has 2 heterocycles. The van der Waals surface area contributed by atoms with Gasteiger partial charge in [-0.1, -0.05) is 12.1 Å². The lowest BCUT2D eigenvalue weighted by atomic mass is 10.0. The molecule has 0 unspecified atom stereocenters. The molecule has 0 saturated heterocycles. The molecule has 1 aromatic carbocycles. The highest BCUT2D eigenvalue weighted by atomic mass is 32.2. The van der Waals surface area contributed by atoms with Crippen molar-refractivity contribution in [2.75, 3.05) is 6.26 Å². The van der Waals surface area contributed by atoms with Crippen molar-refractivity contribution in [3.8, 4) is 0 Å². The topological polar surface area (TPSA) is 72.2 Å². The van der Waals surface area contributed by atoms with Crippen LogP contribution in [0, 0.1) is 13.8 Å². The third kappa shape index (κ3) is 3.99. The van der Waals surface area contributed by atoms with Crippen molar-refractivity contribution in [3.63, 3.8) is 0 Å². The molecule has 0 atom stereocenters. The molecule has 0 fully saturated rings. The van der Waals surface area contributed by atoms with Gasteiger partial charge < -0.3 is 5.32 Å². The van der Waals surface area contributed by atoms with Crippen molar-refractivity contribution in [3.05, 3.63) is 53.0 Å². The molecule has 3 aromatic rings. The number of aromatic nitrogens is 4. The molecule has 130 valence electrons. The maximum absolute atomic E-state index is 12.2. The van der Waals surface area contributed by atoms with E-state index in [1.165, 1.54) is 4.90 Å². The van der Waals surface area contributed by atoms with Gasteiger partial charge in [-0.3, -0.25) is 4.79 Å². The van der Waals surface area contributed by atoms with Crippen molar-refractivity contribution in [1.29, 1.82) is 0 Å². The number of carbonyl (C=O) groups is 1. The van der Waals surface area contributed by atoms with Crippen LogP contribution >= 0.6 is 11.8 Å². The van der Waals surface area contributed by atoms with E-state index in [-0.39, 0.29) is 5.91 Å². The fraction of sp³-hybridized carbons (Fsp3) is 0.333. The molecular weight excluding hydrogens is 334 g/mol. The smallest absolute Gasteiger partial charge is 0.220 e. The summed E-state index contributed by atoms with van der Waals surface area (Å²) in [6.45, 7) is 4.50. The Morgan fingerprint density at radius 3 is 2.72 bits per heavy atom. The summed E-state index contributed by atoms with van der Waals surface area (Å²) in [6.07, 6.45) is 4.71. The molecule has 0 aliphatic heterocycles. The van der Waals surface area contributed by atoms with Crippen molar-refractivity contribution >= 4 is 23.3 Å². The van der Waals surface area contributed by atoms with E-state index in [4.69, 9.17) is 0 Å². The van der Waals surface area contributed by atoms with Crippen LogP contribution in [-0.4, -0.2) is 32.0 Å². The molecule has 25 heavy (non-hydrogen) atoms. The van der Waals surface area contributed by atoms with E-state index in [9.17, 15) is 4.79 Å². The lowest BCUT2D eigenvalue weighted by molar-refractivity contribution is -0.121. The number of amides is 1. The number of thioether (sulfide) groups is 1. The number of nitrogens with zero attached hydrogens (tertiary/aromatic N) is 4. The maximum Gasteiger partial charge on any atom is 0.220 e. The molecule has 7 heteroatoms. The van der Waals surface area contributed by atoms with Gasteiger partial charge in [0.05, 0.1) is 5.69 Å². The van der Waals surface area contributed by atoms with Gasteiger partial charge in [0.25, 0.3) is 0 Å². The molecule has 1 N–H and O–H groups in total. The second-order valence-electron chi connectivity index (χ2n) is 5.91. The zero-order chi connectivity index (χ0) is 17.8. The van der Waals surface area contributed by atoms with Crippen molar-refractivity contribution in [2.24, 2.45) is 0 Å². The number of aryl methyl sites for hydroxylation is 2. The van der Waals surface area contributed by atoms with Gasteiger partial charge in [0.15, 0.2) is 5.65 Å². The molecule has 0 aliphatic rings. The van der Waals surface area contributed by atoms with Gasteiger partial charge in [0, 0.05) is 23.4 Å². The van der Waals surface area contributed by atoms with Gasteiger partial charge in [-0.2, -0.15) is 5.10 Å². The van der Waals surface area contributed by atoms with Crippen LogP contribution in [-0.2, 0) is 17.8 Å². The zero-order valence-electron chi connectivity index (χ0n) is 14.6. The number of hydrogen-bond acceptors (Lipinski definition) is 5. The quantitative estimate of drug-likeness (QED) is 0.688. The lowest BCUT2D eigenvalue weighted by Crippen LogP contribution is -2.23. The molecular formula is C18H21N5OS. The Morgan fingerprint density at radius 2 is 2.00 bits per heavy atom. The van der Waals surface area contributed by atoms with Crippen molar-refractivity contribution in [2.45, 2.75) is 38.1 Å². The summed E-state index contributed by atoms with van der Waals surface area (Å²) in [5.74, 6) is 0.0362.